The van der Waals surface area contributed by atoms with Gasteiger partial charge in [0.25, 0.3) is 0 Å². The Bertz CT molecular complexity index is 562. The zero-order valence-electron chi connectivity index (χ0n) is 9.22. The van der Waals surface area contributed by atoms with Crippen LogP contribution in [0.25, 0.3) is 5.13 Å². The van der Waals surface area contributed by atoms with E-state index in [1.54, 1.807) is 6.07 Å². The van der Waals surface area contributed by atoms with Gasteiger partial charge in [-0.25, -0.2) is 14.5 Å². The van der Waals surface area contributed by atoms with Crippen molar-refractivity contribution in [3.63, 3.8) is 0 Å². The molecule has 90 valence electrons. The van der Waals surface area contributed by atoms with Crippen molar-refractivity contribution in [3.8, 4) is 5.13 Å². The average molecular weight is 272 g/mol. The van der Waals surface area contributed by atoms with Gasteiger partial charge in [0, 0.05) is 0 Å². The van der Waals surface area contributed by atoms with Gasteiger partial charge in [0.15, 0.2) is 5.69 Å². The summed E-state index contributed by atoms with van der Waals surface area (Å²) in [5.41, 5.74) is 0.813. The zero-order chi connectivity index (χ0) is 12.6. The van der Waals surface area contributed by atoms with Crippen LogP contribution in [0.15, 0.2) is 12.3 Å². The van der Waals surface area contributed by atoms with E-state index in [0.717, 1.165) is 5.69 Å². The number of halogens is 1. The fraction of sp³-hybridized carbons (Fsp3) is 0.300. The summed E-state index contributed by atoms with van der Waals surface area (Å²) in [7, 11) is 0. The molecular weight excluding hydrogens is 262 g/mol. The number of carbonyl (C=O) groups is 1. The third-order valence-corrected chi connectivity index (χ3v) is 3.28. The van der Waals surface area contributed by atoms with Crippen molar-refractivity contribution in [1.82, 2.24) is 14.8 Å². The topological polar surface area (TPSA) is 68.0 Å². The van der Waals surface area contributed by atoms with Crippen molar-refractivity contribution in [2.24, 2.45) is 0 Å². The number of carboxylic acids is 1. The summed E-state index contributed by atoms with van der Waals surface area (Å²) in [5.74, 6) is -0.897. The normalized spacial score (nSPS) is 11.1. The molecule has 0 unspecified atom stereocenters. The molecule has 0 aliphatic heterocycles. The van der Waals surface area contributed by atoms with Crippen molar-refractivity contribution in [2.45, 2.75) is 19.8 Å². The summed E-state index contributed by atoms with van der Waals surface area (Å²) in [6, 6.07) is 1.56. The van der Waals surface area contributed by atoms with Gasteiger partial charge in [0.2, 0.25) is 5.13 Å². The number of aromatic nitrogens is 3. The van der Waals surface area contributed by atoms with Gasteiger partial charge in [-0.3, -0.25) is 0 Å². The lowest BCUT2D eigenvalue weighted by Gasteiger charge is -2.05. The van der Waals surface area contributed by atoms with Crippen LogP contribution in [0.1, 0.15) is 35.9 Å². The number of hydrogen-bond donors (Lipinski definition) is 1. The molecule has 7 heteroatoms. The Balaban J connectivity index is 2.55. The van der Waals surface area contributed by atoms with E-state index in [0.29, 0.717) is 9.47 Å². The summed E-state index contributed by atoms with van der Waals surface area (Å²) in [6.45, 7) is 3.93. The van der Waals surface area contributed by atoms with Crippen molar-refractivity contribution >= 4 is 28.9 Å². The van der Waals surface area contributed by atoms with Crippen LogP contribution >= 0.6 is 22.9 Å². The monoisotopic (exact) mass is 271 g/mol. The summed E-state index contributed by atoms with van der Waals surface area (Å²) in [5, 5.41) is 13.5. The lowest BCUT2D eigenvalue weighted by molar-refractivity contribution is 0.0690. The quantitative estimate of drug-likeness (QED) is 0.932. The zero-order valence-corrected chi connectivity index (χ0v) is 10.8. The molecule has 0 bridgehead atoms. The molecule has 0 amide bonds. The summed E-state index contributed by atoms with van der Waals surface area (Å²) < 4.78 is 2.08. The minimum atomic E-state index is -1.05. The van der Waals surface area contributed by atoms with Crippen molar-refractivity contribution in [3.05, 3.63) is 28.0 Å². The fourth-order valence-electron chi connectivity index (χ4n) is 1.41. The minimum Gasteiger partial charge on any atom is -0.476 e. The Morgan fingerprint density at radius 1 is 1.59 bits per heavy atom. The van der Waals surface area contributed by atoms with Crippen LogP contribution in [0.5, 0.6) is 0 Å². The van der Waals surface area contributed by atoms with Crippen LogP contribution < -0.4 is 0 Å². The van der Waals surface area contributed by atoms with Crippen LogP contribution in [0.3, 0.4) is 0 Å². The number of rotatable bonds is 3. The molecule has 0 aromatic carbocycles. The largest absolute Gasteiger partial charge is 0.476 e. The van der Waals surface area contributed by atoms with Crippen LogP contribution in [-0.4, -0.2) is 25.8 Å². The number of hydrogen-bond acceptors (Lipinski definition) is 4. The van der Waals surface area contributed by atoms with E-state index in [2.05, 4.69) is 10.1 Å². The van der Waals surface area contributed by atoms with Gasteiger partial charge in [-0.2, -0.15) is 5.10 Å². The molecule has 0 aliphatic carbocycles. The van der Waals surface area contributed by atoms with Gasteiger partial charge < -0.3 is 5.11 Å². The maximum Gasteiger partial charge on any atom is 0.356 e. The minimum absolute atomic E-state index is 0.0139. The molecule has 1 N–H and O–H groups in total. The fourth-order valence-corrected chi connectivity index (χ4v) is 2.28. The summed E-state index contributed by atoms with van der Waals surface area (Å²) >= 11 is 7.07. The SMILES string of the molecule is CC(C)c1cc(C(=O)O)nn1-c1ncc(Cl)s1. The molecule has 0 aliphatic rings. The summed E-state index contributed by atoms with van der Waals surface area (Å²) in [6.07, 6.45) is 1.52. The molecule has 0 atom stereocenters. The Kier molecular flexibility index (Phi) is 3.17. The third kappa shape index (κ3) is 2.32. The molecule has 5 nitrogen and oxygen atoms in total. The molecule has 0 radical (unpaired) electrons. The van der Waals surface area contributed by atoms with E-state index in [9.17, 15) is 4.79 Å². The van der Waals surface area contributed by atoms with Crippen molar-refractivity contribution < 1.29 is 9.90 Å². The number of nitrogens with zero attached hydrogens (tertiary/aromatic N) is 3. The highest BCUT2D eigenvalue weighted by Crippen LogP contribution is 2.25. The van der Waals surface area contributed by atoms with Crippen LogP contribution in [0, 0.1) is 0 Å². The van der Waals surface area contributed by atoms with E-state index < -0.39 is 5.97 Å². The third-order valence-electron chi connectivity index (χ3n) is 2.19. The molecule has 0 saturated heterocycles. The van der Waals surface area contributed by atoms with Gasteiger partial charge in [-0.05, 0) is 12.0 Å². The number of aromatic carboxylic acids is 1. The predicted molar refractivity (Wildman–Crippen MR) is 65.3 cm³/mol. The average Bonchev–Trinajstić information content (AvgIpc) is 2.82. The Morgan fingerprint density at radius 2 is 2.29 bits per heavy atom. The standard InChI is InChI=1S/C10H10ClN3O2S/c1-5(2)7-3-6(9(15)16)13-14(7)10-12-4-8(11)17-10/h3-5H,1-2H3,(H,15,16). The molecule has 0 spiro atoms. The van der Waals surface area contributed by atoms with E-state index in [-0.39, 0.29) is 11.6 Å². The molecule has 0 fully saturated rings. The highest BCUT2D eigenvalue weighted by atomic mass is 35.5. The summed E-state index contributed by atoms with van der Waals surface area (Å²) in [4.78, 5) is 15.0. The lowest BCUT2D eigenvalue weighted by Crippen LogP contribution is -2.04. The van der Waals surface area contributed by atoms with Crippen molar-refractivity contribution in [1.29, 1.82) is 0 Å². The number of thiazole rings is 1. The first-order valence-corrected chi connectivity index (χ1v) is 6.13. The smallest absolute Gasteiger partial charge is 0.356 e. The molecule has 2 aromatic heterocycles. The first-order valence-electron chi connectivity index (χ1n) is 4.94. The number of carboxylic acid groups (broad SMARTS) is 1. The highest BCUT2D eigenvalue weighted by molar-refractivity contribution is 7.18. The second-order valence-corrected chi connectivity index (χ2v) is 5.41. The molecule has 2 rings (SSSR count). The van der Waals surface area contributed by atoms with Crippen LogP contribution in [0.4, 0.5) is 0 Å². The van der Waals surface area contributed by atoms with Crippen molar-refractivity contribution in [2.75, 3.05) is 0 Å². The molecular formula is C10H10ClN3O2S. The van der Waals surface area contributed by atoms with Gasteiger partial charge in [-0.15, -0.1) is 0 Å². The molecule has 2 aromatic rings. The second-order valence-electron chi connectivity index (χ2n) is 3.77. The van der Waals surface area contributed by atoms with E-state index in [4.69, 9.17) is 16.7 Å². The molecule has 2 heterocycles. The van der Waals surface area contributed by atoms with Gasteiger partial charge in [-0.1, -0.05) is 36.8 Å². The van der Waals surface area contributed by atoms with Gasteiger partial charge in [0.1, 0.15) is 4.34 Å². The second kappa shape index (κ2) is 4.46. The van der Waals surface area contributed by atoms with Gasteiger partial charge >= 0.3 is 5.97 Å². The maximum atomic E-state index is 10.9. The Hall–Kier alpha value is -1.40. The van der Waals surface area contributed by atoms with E-state index in [1.807, 2.05) is 13.8 Å². The molecule has 0 saturated carbocycles. The highest BCUT2D eigenvalue weighted by Gasteiger charge is 2.18. The lowest BCUT2D eigenvalue weighted by atomic mass is 10.1. The van der Waals surface area contributed by atoms with E-state index >= 15 is 0 Å². The first kappa shape index (κ1) is 12.1. The van der Waals surface area contributed by atoms with Gasteiger partial charge in [0.05, 0.1) is 11.9 Å². The van der Waals surface area contributed by atoms with Crippen LogP contribution in [0.2, 0.25) is 4.34 Å². The Labute approximate surface area is 107 Å². The van der Waals surface area contributed by atoms with Crippen LogP contribution in [-0.2, 0) is 0 Å². The Morgan fingerprint density at radius 3 is 2.76 bits per heavy atom. The molecule has 17 heavy (non-hydrogen) atoms. The first-order chi connectivity index (χ1) is 7.99. The predicted octanol–water partition coefficient (Wildman–Crippen LogP) is 2.80. The maximum absolute atomic E-state index is 10.9. The van der Waals surface area contributed by atoms with E-state index in [1.165, 1.54) is 22.2 Å².